The molecule has 2 N–H and O–H groups in total. The number of rotatable bonds is 3. The zero-order chi connectivity index (χ0) is 10.7. The Kier molecular flexibility index (Phi) is 3.41. The van der Waals surface area contributed by atoms with Gasteiger partial charge in [0.25, 0.3) is 0 Å². The Hall–Kier alpha value is -0.840. The van der Waals surface area contributed by atoms with Gasteiger partial charge in [-0.1, -0.05) is 23.9 Å². The zero-order valence-electron chi connectivity index (χ0n) is 8.38. The van der Waals surface area contributed by atoms with Crippen molar-refractivity contribution in [2.45, 2.75) is 22.2 Å². The first kappa shape index (κ1) is 10.7. The Balaban J connectivity index is 2.11. The molecule has 78 valence electrons. The Labute approximate surface area is 97.5 Å². The van der Waals surface area contributed by atoms with Gasteiger partial charge in [-0.25, -0.2) is 4.98 Å². The topological polar surface area (TPSA) is 38.9 Å². The van der Waals surface area contributed by atoms with E-state index < -0.39 is 0 Å². The molecule has 0 amide bonds. The number of hydrogen-bond acceptors (Lipinski definition) is 4. The van der Waals surface area contributed by atoms with Crippen LogP contribution in [-0.4, -0.2) is 4.98 Å². The predicted octanol–water partition coefficient (Wildman–Crippen LogP) is 3.31. The molecule has 0 unspecified atom stereocenters. The van der Waals surface area contributed by atoms with Crippen LogP contribution in [0.15, 0.2) is 45.1 Å². The lowest BCUT2D eigenvalue weighted by atomic mass is 10.2. The number of nitrogens with two attached hydrogens (primary N) is 1. The van der Waals surface area contributed by atoms with Crippen molar-refractivity contribution in [3.63, 3.8) is 0 Å². The molecule has 0 aliphatic heterocycles. The molecule has 2 nitrogen and oxygen atoms in total. The minimum atomic E-state index is 0.0540. The third kappa shape index (κ3) is 2.81. The maximum Gasteiger partial charge on any atom is 0.101 e. The fourth-order valence-corrected chi connectivity index (χ4v) is 2.80. The molecule has 2 aromatic heterocycles. The van der Waals surface area contributed by atoms with Crippen LogP contribution in [0.5, 0.6) is 0 Å². The van der Waals surface area contributed by atoms with Gasteiger partial charge in [-0.3, -0.25) is 0 Å². The molecule has 2 rings (SSSR count). The number of thiophene rings is 1. The summed E-state index contributed by atoms with van der Waals surface area (Å²) < 4.78 is 1.26. The highest BCUT2D eigenvalue weighted by Crippen LogP contribution is 2.29. The van der Waals surface area contributed by atoms with Crippen molar-refractivity contribution in [1.29, 1.82) is 0 Å². The Morgan fingerprint density at radius 3 is 2.80 bits per heavy atom. The Morgan fingerprint density at radius 2 is 2.27 bits per heavy atom. The molecule has 0 bridgehead atoms. The van der Waals surface area contributed by atoms with E-state index in [9.17, 15) is 0 Å². The van der Waals surface area contributed by atoms with Crippen molar-refractivity contribution < 1.29 is 0 Å². The normalized spacial score (nSPS) is 12.7. The summed E-state index contributed by atoms with van der Waals surface area (Å²) in [7, 11) is 0. The maximum absolute atomic E-state index is 5.76. The quantitative estimate of drug-likeness (QED) is 0.888. The highest BCUT2D eigenvalue weighted by Gasteiger charge is 2.02. The number of aromatic nitrogens is 1. The molecule has 0 aliphatic rings. The first-order chi connectivity index (χ1) is 7.25. The van der Waals surface area contributed by atoms with Gasteiger partial charge in [0.1, 0.15) is 5.03 Å². The van der Waals surface area contributed by atoms with Gasteiger partial charge >= 0.3 is 0 Å². The first-order valence-corrected chi connectivity index (χ1v) is 6.38. The third-order valence-corrected chi connectivity index (χ3v) is 3.97. The van der Waals surface area contributed by atoms with E-state index in [1.54, 1.807) is 23.1 Å². The second-order valence-electron chi connectivity index (χ2n) is 3.25. The molecular formula is C11H12N2S2. The van der Waals surface area contributed by atoms with Crippen molar-refractivity contribution in [3.8, 4) is 0 Å². The maximum atomic E-state index is 5.76. The fraction of sp³-hybridized carbons (Fsp3) is 0.182. The van der Waals surface area contributed by atoms with Gasteiger partial charge in [0.2, 0.25) is 0 Å². The highest BCUT2D eigenvalue weighted by molar-refractivity contribution is 8.01. The minimum Gasteiger partial charge on any atom is -0.324 e. The average molecular weight is 236 g/mol. The van der Waals surface area contributed by atoms with E-state index in [0.717, 1.165) is 10.6 Å². The summed E-state index contributed by atoms with van der Waals surface area (Å²) in [5.41, 5.74) is 6.83. The second kappa shape index (κ2) is 4.79. The third-order valence-electron chi connectivity index (χ3n) is 1.99. The van der Waals surface area contributed by atoms with Gasteiger partial charge in [-0.2, -0.15) is 0 Å². The summed E-state index contributed by atoms with van der Waals surface area (Å²) in [6, 6.07) is 8.24. The molecule has 1 atom stereocenters. The van der Waals surface area contributed by atoms with E-state index in [-0.39, 0.29) is 6.04 Å². The number of pyridine rings is 1. The van der Waals surface area contributed by atoms with Crippen molar-refractivity contribution in [2.24, 2.45) is 5.73 Å². The molecule has 0 spiro atoms. The van der Waals surface area contributed by atoms with Crippen LogP contribution in [0.1, 0.15) is 18.5 Å². The summed E-state index contributed by atoms with van der Waals surface area (Å²) in [6.07, 6.45) is 1.85. The molecule has 0 fully saturated rings. The van der Waals surface area contributed by atoms with Crippen LogP contribution >= 0.6 is 23.1 Å². The summed E-state index contributed by atoms with van der Waals surface area (Å²) in [5, 5.41) is 3.08. The van der Waals surface area contributed by atoms with Gasteiger partial charge in [0, 0.05) is 12.2 Å². The van der Waals surface area contributed by atoms with Crippen molar-refractivity contribution in [3.05, 3.63) is 41.4 Å². The van der Waals surface area contributed by atoms with E-state index in [4.69, 9.17) is 5.73 Å². The lowest BCUT2D eigenvalue weighted by Gasteiger charge is -2.04. The monoisotopic (exact) mass is 236 g/mol. The van der Waals surface area contributed by atoms with Crippen LogP contribution in [0.3, 0.4) is 0 Å². The predicted molar refractivity (Wildman–Crippen MR) is 65.3 cm³/mol. The summed E-state index contributed by atoms with van der Waals surface area (Å²) in [5.74, 6) is 0. The molecule has 0 aliphatic carbocycles. The average Bonchev–Trinajstić information content (AvgIpc) is 2.71. The van der Waals surface area contributed by atoms with Gasteiger partial charge in [-0.15, -0.1) is 11.3 Å². The standard InChI is InChI=1S/C11H12N2S2/c1-8(12)9-4-5-10(13-7-9)15-11-3-2-6-14-11/h2-8H,12H2,1H3/t8-/m1/s1. The van der Waals surface area contributed by atoms with Crippen molar-refractivity contribution >= 4 is 23.1 Å². The van der Waals surface area contributed by atoms with E-state index >= 15 is 0 Å². The molecule has 15 heavy (non-hydrogen) atoms. The smallest absolute Gasteiger partial charge is 0.101 e. The van der Waals surface area contributed by atoms with E-state index in [2.05, 4.69) is 16.4 Å². The van der Waals surface area contributed by atoms with Gasteiger partial charge in [0.15, 0.2) is 0 Å². The zero-order valence-corrected chi connectivity index (χ0v) is 10.0. The largest absolute Gasteiger partial charge is 0.324 e. The molecule has 2 aromatic rings. The molecule has 2 heterocycles. The van der Waals surface area contributed by atoms with Gasteiger partial charge in [0.05, 0.1) is 4.21 Å². The van der Waals surface area contributed by atoms with Gasteiger partial charge in [-0.05, 0) is 30.0 Å². The van der Waals surface area contributed by atoms with Crippen LogP contribution < -0.4 is 5.73 Å². The lowest BCUT2D eigenvalue weighted by Crippen LogP contribution is -2.04. The Bertz CT molecular complexity index is 407. The van der Waals surface area contributed by atoms with Crippen molar-refractivity contribution in [2.75, 3.05) is 0 Å². The van der Waals surface area contributed by atoms with Crippen LogP contribution in [-0.2, 0) is 0 Å². The van der Waals surface area contributed by atoms with E-state index in [1.807, 2.05) is 31.3 Å². The molecule has 0 radical (unpaired) electrons. The fourth-order valence-electron chi connectivity index (χ4n) is 1.15. The van der Waals surface area contributed by atoms with Crippen LogP contribution in [0.4, 0.5) is 0 Å². The molecule has 0 saturated heterocycles. The van der Waals surface area contributed by atoms with Crippen LogP contribution in [0, 0.1) is 0 Å². The minimum absolute atomic E-state index is 0.0540. The molecule has 4 heteroatoms. The van der Waals surface area contributed by atoms with E-state index in [1.165, 1.54) is 4.21 Å². The molecular weight excluding hydrogens is 224 g/mol. The summed E-state index contributed by atoms with van der Waals surface area (Å²) in [6.45, 7) is 1.96. The van der Waals surface area contributed by atoms with Crippen LogP contribution in [0.2, 0.25) is 0 Å². The lowest BCUT2D eigenvalue weighted by molar-refractivity contribution is 0.806. The Morgan fingerprint density at radius 1 is 1.40 bits per heavy atom. The summed E-state index contributed by atoms with van der Waals surface area (Å²) >= 11 is 3.41. The molecule has 0 aromatic carbocycles. The number of hydrogen-bond donors (Lipinski definition) is 1. The first-order valence-electron chi connectivity index (χ1n) is 4.68. The SMILES string of the molecule is C[C@@H](N)c1ccc(Sc2cccs2)nc1. The van der Waals surface area contributed by atoms with E-state index in [0.29, 0.717) is 0 Å². The van der Waals surface area contributed by atoms with Crippen molar-refractivity contribution in [1.82, 2.24) is 4.98 Å². The summed E-state index contributed by atoms with van der Waals surface area (Å²) in [4.78, 5) is 4.36. The second-order valence-corrected chi connectivity index (χ2v) is 5.52. The number of nitrogens with zero attached hydrogens (tertiary/aromatic N) is 1. The highest BCUT2D eigenvalue weighted by atomic mass is 32.2. The van der Waals surface area contributed by atoms with Gasteiger partial charge < -0.3 is 5.73 Å². The van der Waals surface area contributed by atoms with Crippen LogP contribution in [0.25, 0.3) is 0 Å². The molecule has 0 saturated carbocycles.